The lowest BCUT2D eigenvalue weighted by atomic mass is 10.4. The molecule has 0 spiro atoms. The Morgan fingerprint density at radius 3 is 3.20 bits per heavy atom. The fraction of sp³-hybridized carbons (Fsp3) is 0.222. The van der Waals surface area contributed by atoms with Gasteiger partial charge in [0.25, 0.3) is 5.91 Å². The summed E-state index contributed by atoms with van der Waals surface area (Å²) in [6.45, 7) is 2.02. The first-order chi connectivity index (χ1) is 7.29. The van der Waals surface area contributed by atoms with Crippen LogP contribution in [0.5, 0.6) is 0 Å². The zero-order chi connectivity index (χ0) is 10.7. The Labute approximate surface area is 95.5 Å². The Balaban J connectivity index is 2.19. The van der Waals surface area contributed by atoms with E-state index in [1.807, 2.05) is 6.92 Å². The highest BCUT2D eigenvalue weighted by Gasteiger charge is 2.19. The van der Waals surface area contributed by atoms with Crippen molar-refractivity contribution < 1.29 is 4.79 Å². The van der Waals surface area contributed by atoms with Gasteiger partial charge in [-0.15, -0.1) is 11.3 Å². The molecule has 1 aliphatic heterocycles. The van der Waals surface area contributed by atoms with Gasteiger partial charge in [0.1, 0.15) is 5.70 Å². The number of hydrogen-bond donors (Lipinski definition) is 1. The predicted octanol–water partition coefficient (Wildman–Crippen LogP) is 1.72. The van der Waals surface area contributed by atoms with Gasteiger partial charge in [0.05, 0.1) is 5.51 Å². The van der Waals surface area contributed by atoms with Crippen molar-refractivity contribution in [2.24, 2.45) is 4.99 Å². The van der Waals surface area contributed by atoms with Gasteiger partial charge in [0, 0.05) is 11.1 Å². The average Bonchev–Trinajstić information content (AvgIpc) is 2.79. The number of amidine groups is 1. The molecule has 0 saturated carbocycles. The van der Waals surface area contributed by atoms with E-state index in [0.717, 1.165) is 10.6 Å². The highest BCUT2D eigenvalue weighted by Crippen LogP contribution is 2.17. The van der Waals surface area contributed by atoms with Gasteiger partial charge in [-0.1, -0.05) is 18.7 Å². The monoisotopic (exact) mass is 239 g/mol. The summed E-state index contributed by atoms with van der Waals surface area (Å²) in [5.74, 6) is 0.756. The van der Waals surface area contributed by atoms with Crippen molar-refractivity contribution >= 4 is 40.2 Å². The summed E-state index contributed by atoms with van der Waals surface area (Å²) in [4.78, 5) is 20.5. The third kappa shape index (κ3) is 2.45. The van der Waals surface area contributed by atoms with Gasteiger partial charge < -0.3 is 0 Å². The number of carbonyl (C=O) groups is 1. The van der Waals surface area contributed by atoms with Crippen LogP contribution < -0.4 is 5.32 Å². The van der Waals surface area contributed by atoms with Crippen molar-refractivity contribution in [1.29, 1.82) is 0 Å². The molecule has 0 unspecified atom stereocenters. The minimum Gasteiger partial charge on any atom is -0.300 e. The Kier molecular flexibility index (Phi) is 3.17. The third-order valence-electron chi connectivity index (χ3n) is 1.69. The first-order valence-electron chi connectivity index (χ1n) is 4.42. The quantitative estimate of drug-likeness (QED) is 0.800. The fourth-order valence-electron chi connectivity index (χ4n) is 1.08. The molecule has 1 aliphatic rings. The Hall–Kier alpha value is -1.14. The Morgan fingerprint density at radius 1 is 1.67 bits per heavy atom. The van der Waals surface area contributed by atoms with Crippen LogP contribution in [0.4, 0.5) is 0 Å². The van der Waals surface area contributed by atoms with E-state index in [4.69, 9.17) is 0 Å². The van der Waals surface area contributed by atoms with Crippen LogP contribution in [-0.2, 0) is 4.79 Å². The molecular formula is C9H9N3OS2. The zero-order valence-electron chi connectivity index (χ0n) is 8.06. The average molecular weight is 239 g/mol. The van der Waals surface area contributed by atoms with Crippen LogP contribution in [0.25, 0.3) is 6.08 Å². The van der Waals surface area contributed by atoms with E-state index in [2.05, 4.69) is 15.3 Å². The number of aromatic nitrogens is 1. The van der Waals surface area contributed by atoms with Crippen LogP contribution in [0.3, 0.4) is 0 Å². The van der Waals surface area contributed by atoms with Crippen molar-refractivity contribution in [3.63, 3.8) is 0 Å². The van der Waals surface area contributed by atoms with Crippen molar-refractivity contribution in [1.82, 2.24) is 10.3 Å². The molecule has 15 heavy (non-hydrogen) atoms. The summed E-state index contributed by atoms with van der Waals surface area (Å²) in [6, 6.07) is 0. The maximum Gasteiger partial charge on any atom is 0.275 e. The number of thioether (sulfide) groups is 1. The number of thiazole rings is 1. The van der Waals surface area contributed by atoms with E-state index in [-0.39, 0.29) is 5.91 Å². The number of nitrogens with zero attached hydrogens (tertiary/aromatic N) is 2. The lowest BCUT2D eigenvalue weighted by molar-refractivity contribution is -0.115. The Morgan fingerprint density at radius 2 is 2.53 bits per heavy atom. The Bertz CT molecular complexity index is 423. The molecule has 0 radical (unpaired) electrons. The normalized spacial score (nSPS) is 18.1. The summed E-state index contributed by atoms with van der Waals surface area (Å²) in [7, 11) is 0. The van der Waals surface area contributed by atoms with Gasteiger partial charge >= 0.3 is 0 Å². The van der Waals surface area contributed by atoms with Gasteiger partial charge in [0.2, 0.25) is 0 Å². The summed E-state index contributed by atoms with van der Waals surface area (Å²) < 4.78 is 0. The minimum absolute atomic E-state index is 0.139. The van der Waals surface area contributed by atoms with Crippen LogP contribution in [0, 0.1) is 0 Å². The highest BCUT2D eigenvalue weighted by molar-refractivity contribution is 8.13. The maximum atomic E-state index is 11.5. The number of amides is 1. The highest BCUT2D eigenvalue weighted by atomic mass is 32.2. The summed E-state index contributed by atoms with van der Waals surface area (Å²) >= 11 is 3.01. The molecule has 78 valence electrons. The lowest BCUT2D eigenvalue weighted by Crippen LogP contribution is -2.21. The fourth-order valence-corrected chi connectivity index (χ4v) is 2.23. The molecule has 1 N–H and O–H groups in total. The molecule has 0 aliphatic carbocycles. The second-order valence-corrected chi connectivity index (χ2v) is 4.91. The van der Waals surface area contributed by atoms with Crippen LogP contribution in [-0.4, -0.2) is 21.8 Å². The summed E-state index contributed by atoms with van der Waals surface area (Å²) in [5, 5.41) is 3.39. The number of nitrogens with one attached hydrogen (secondary N) is 1. The maximum absolute atomic E-state index is 11.5. The SMILES string of the molecule is CCSC1=N/C(=C\c2cncs2)C(=O)N1. The van der Waals surface area contributed by atoms with Gasteiger partial charge in [-0.05, 0) is 11.8 Å². The first kappa shape index (κ1) is 10.4. The number of rotatable bonds is 2. The first-order valence-corrected chi connectivity index (χ1v) is 6.29. The van der Waals surface area contributed by atoms with Crippen molar-refractivity contribution in [2.45, 2.75) is 6.92 Å². The molecule has 6 heteroatoms. The molecule has 2 rings (SSSR count). The second-order valence-electron chi connectivity index (χ2n) is 2.74. The molecule has 0 fully saturated rings. The number of carbonyl (C=O) groups excluding carboxylic acids is 1. The van der Waals surface area contributed by atoms with Crippen LogP contribution >= 0.6 is 23.1 Å². The molecule has 0 aromatic carbocycles. The smallest absolute Gasteiger partial charge is 0.275 e. The molecule has 0 bridgehead atoms. The molecule has 1 amide bonds. The van der Waals surface area contributed by atoms with Gasteiger partial charge in [-0.2, -0.15) is 0 Å². The lowest BCUT2D eigenvalue weighted by Gasteiger charge is -1.93. The molecular weight excluding hydrogens is 230 g/mol. The molecule has 0 saturated heterocycles. The van der Waals surface area contributed by atoms with E-state index >= 15 is 0 Å². The van der Waals surface area contributed by atoms with E-state index in [1.54, 1.807) is 17.8 Å². The van der Waals surface area contributed by atoms with Crippen LogP contribution in [0.1, 0.15) is 11.8 Å². The van der Waals surface area contributed by atoms with E-state index < -0.39 is 0 Å². The van der Waals surface area contributed by atoms with Crippen LogP contribution in [0.15, 0.2) is 22.4 Å². The topological polar surface area (TPSA) is 54.4 Å². The molecule has 4 nitrogen and oxygen atoms in total. The van der Waals surface area contributed by atoms with Crippen molar-refractivity contribution in [3.05, 3.63) is 22.3 Å². The molecule has 1 aromatic rings. The largest absolute Gasteiger partial charge is 0.300 e. The molecule has 2 heterocycles. The molecule has 1 aromatic heterocycles. The van der Waals surface area contributed by atoms with E-state index in [1.165, 1.54) is 23.1 Å². The standard InChI is InChI=1S/C9H9N3OS2/c1-2-14-9-11-7(8(13)12-9)3-6-4-10-5-15-6/h3-5H,2H2,1H3,(H,11,12,13)/b7-3-. The van der Waals surface area contributed by atoms with Crippen molar-refractivity contribution in [3.8, 4) is 0 Å². The molecule has 0 atom stereocenters. The number of aliphatic imine (C=N–C) groups is 1. The van der Waals surface area contributed by atoms with E-state index in [9.17, 15) is 4.79 Å². The second kappa shape index (κ2) is 4.59. The van der Waals surface area contributed by atoms with Gasteiger partial charge in [0.15, 0.2) is 5.17 Å². The minimum atomic E-state index is -0.139. The summed E-state index contributed by atoms with van der Waals surface area (Å²) in [6.07, 6.45) is 3.46. The van der Waals surface area contributed by atoms with E-state index in [0.29, 0.717) is 10.9 Å². The van der Waals surface area contributed by atoms with Gasteiger partial charge in [-0.3, -0.25) is 15.1 Å². The van der Waals surface area contributed by atoms with Crippen LogP contribution in [0.2, 0.25) is 0 Å². The third-order valence-corrected chi connectivity index (χ3v) is 3.16. The number of hydrogen-bond acceptors (Lipinski definition) is 5. The predicted molar refractivity (Wildman–Crippen MR) is 63.8 cm³/mol. The summed E-state index contributed by atoms with van der Waals surface area (Å²) in [5.41, 5.74) is 2.18. The van der Waals surface area contributed by atoms with Gasteiger partial charge in [-0.25, -0.2) is 4.99 Å². The zero-order valence-corrected chi connectivity index (χ0v) is 9.69. The van der Waals surface area contributed by atoms with Crippen molar-refractivity contribution in [2.75, 3.05) is 5.75 Å².